The first-order valence-electron chi connectivity index (χ1n) is 8.06. The molecule has 2 unspecified atom stereocenters. The lowest BCUT2D eigenvalue weighted by molar-refractivity contribution is -0.00867. The first-order valence-corrected chi connectivity index (χ1v) is 8.06. The summed E-state index contributed by atoms with van der Waals surface area (Å²) in [5, 5.41) is 3.38. The molecule has 110 valence electrons. The highest BCUT2D eigenvalue weighted by Gasteiger charge is 2.34. The lowest BCUT2D eigenvalue weighted by atomic mass is 9.89. The zero-order chi connectivity index (χ0) is 13.8. The molecule has 0 amide bonds. The summed E-state index contributed by atoms with van der Waals surface area (Å²) in [6.45, 7) is 6.04. The zero-order valence-corrected chi connectivity index (χ0v) is 12.5. The number of rotatable bonds is 4. The van der Waals surface area contributed by atoms with Crippen molar-refractivity contribution in [2.75, 3.05) is 24.6 Å². The quantitative estimate of drug-likeness (QED) is 0.913. The highest BCUT2D eigenvalue weighted by Crippen LogP contribution is 2.32. The molecule has 0 aromatic heterocycles. The van der Waals surface area contributed by atoms with E-state index in [1.807, 2.05) is 0 Å². The smallest absolute Gasteiger partial charge is 0.0779 e. The summed E-state index contributed by atoms with van der Waals surface area (Å²) in [6, 6.07) is 9.67. The molecule has 2 fully saturated rings. The number of nitrogens with one attached hydrogen (secondary N) is 1. The number of morpholine rings is 1. The summed E-state index contributed by atoms with van der Waals surface area (Å²) in [5.41, 5.74) is 2.73. The lowest BCUT2D eigenvalue weighted by Gasteiger charge is -2.45. The minimum atomic E-state index is 0.457. The fourth-order valence-corrected chi connectivity index (χ4v) is 3.49. The van der Waals surface area contributed by atoms with Gasteiger partial charge in [-0.2, -0.15) is 0 Å². The molecule has 1 saturated heterocycles. The van der Waals surface area contributed by atoms with E-state index in [1.54, 1.807) is 0 Å². The second-order valence-corrected chi connectivity index (χ2v) is 5.90. The van der Waals surface area contributed by atoms with Gasteiger partial charge in [0.2, 0.25) is 0 Å². The normalized spacial score (nSPS) is 26.4. The molecule has 1 aromatic rings. The van der Waals surface area contributed by atoms with Crippen LogP contribution in [0.1, 0.15) is 38.2 Å². The fraction of sp³-hybridized carbons (Fsp3) is 0.647. The molecule has 1 aliphatic carbocycles. The van der Waals surface area contributed by atoms with Gasteiger partial charge in [0.1, 0.15) is 0 Å². The van der Waals surface area contributed by atoms with Gasteiger partial charge >= 0.3 is 0 Å². The van der Waals surface area contributed by atoms with Crippen molar-refractivity contribution < 1.29 is 4.74 Å². The van der Waals surface area contributed by atoms with Crippen LogP contribution in [0.3, 0.4) is 0 Å². The Morgan fingerprint density at radius 1 is 1.20 bits per heavy atom. The van der Waals surface area contributed by atoms with Crippen LogP contribution in [0.15, 0.2) is 24.3 Å². The molecule has 1 N–H and O–H groups in total. The maximum absolute atomic E-state index is 5.96. The maximum Gasteiger partial charge on any atom is 0.0779 e. The Morgan fingerprint density at radius 3 is 2.80 bits per heavy atom. The van der Waals surface area contributed by atoms with Crippen LogP contribution in [0.5, 0.6) is 0 Å². The zero-order valence-electron chi connectivity index (χ0n) is 12.5. The second-order valence-electron chi connectivity index (χ2n) is 5.90. The van der Waals surface area contributed by atoms with Crippen LogP contribution in [0, 0.1) is 0 Å². The summed E-state index contributed by atoms with van der Waals surface area (Å²) < 4.78 is 5.96. The third kappa shape index (κ3) is 2.99. The van der Waals surface area contributed by atoms with E-state index in [0.717, 1.165) is 26.2 Å². The molecule has 1 aliphatic heterocycles. The van der Waals surface area contributed by atoms with Gasteiger partial charge in [-0.05, 0) is 37.1 Å². The number of ether oxygens (including phenoxy) is 1. The van der Waals surface area contributed by atoms with Crippen LogP contribution >= 0.6 is 0 Å². The van der Waals surface area contributed by atoms with Gasteiger partial charge in [0.15, 0.2) is 0 Å². The Labute approximate surface area is 122 Å². The van der Waals surface area contributed by atoms with Crippen molar-refractivity contribution >= 4 is 5.69 Å². The minimum Gasteiger partial charge on any atom is -0.374 e. The predicted molar refractivity (Wildman–Crippen MR) is 83.2 cm³/mol. The average Bonchev–Trinajstić information content (AvgIpc) is 2.53. The average molecular weight is 274 g/mol. The van der Waals surface area contributed by atoms with E-state index in [1.165, 1.54) is 36.9 Å². The van der Waals surface area contributed by atoms with E-state index in [0.29, 0.717) is 12.1 Å². The molecule has 3 heteroatoms. The summed E-state index contributed by atoms with van der Waals surface area (Å²) >= 11 is 0. The Hall–Kier alpha value is -1.06. The number of benzene rings is 1. The first kappa shape index (κ1) is 13.9. The van der Waals surface area contributed by atoms with Crippen LogP contribution in [0.25, 0.3) is 0 Å². The van der Waals surface area contributed by atoms with Gasteiger partial charge in [0.25, 0.3) is 0 Å². The Kier molecular flexibility index (Phi) is 4.58. The highest BCUT2D eigenvalue weighted by atomic mass is 16.5. The molecule has 3 nitrogen and oxygen atoms in total. The molecule has 0 spiro atoms. The number of hydrogen-bond acceptors (Lipinski definition) is 3. The standard InChI is InChI=1S/C17H26N2O/c1-2-18-13-14-7-9-15(10-8-14)19-11-12-20-17-6-4-3-5-16(17)19/h7-10,16-18H,2-6,11-13H2,1H3. The van der Waals surface area contributed by atoms with Crippen LogP contribution < -0.4 is 10.2 Å². The molecule has 2 atom stereocenters. The van der Waals surface area contributed by atoms with Crippen molar-refractivity contribution in [1.82, 2.24) is 5.32 Å². The molecule has 1 heterocycles. The van der Waals surface area contributed by atoms with Gasteiger partial charge in [-0.1, -0.05) is 31.9 Å². The maximum atomic E-state index is 5.96. The van der Waals surface area contributed by atoms with Crippen molar-refractivity contribution in [3.63, 3.8) is 0 Å². The van der Waals surface area contributed by atoms with Crippen molar-refractivity contribution in [3.05, 3.63) is 29.8 Å². The molecule has 3 rings (SSSR count). The Bertz CT molecular complexity index is 416. The van der Waals surface area contributed by atoms with Crippen molar-refractivity contribution in [3.8, 4) is 0 Å². The molecule has 0 radical (unpaired) electrons. The fourth-order valence-electron chi connectivity index (χ4n) is 3.49. The van der Waals surface area contributed by atoms with Crippen LogP contribution in [0.4, 0.5) is 5.69 Å². The van der Waals surface area contributed by atoms with E-state index in [2.05, 4.69) is 41.4 Å². The largest absolute Gasteiger partial charge is 0.374 e. The van der Waals surface area contributed by atoms with Crippen LogP contribution in [0.2, 0.25) is 0 Å². The van der Waals surface area contributed by atoms with Gasteiger partial charge in [-0.15, -0.1) is 0 Å². The number of anilines is 1. The summed E-state index contributed by atoms with van der Waals surface area (Å²) in [4.78, 5) is 2.57. The van der Waals surface area contributed by atoms with E-state index in [9.17, 15) is 0 Å². The molecule has 1 saturated carbocycles. The third-order valence-electron chi connectivity index (χ3n) is 4.58. The SMILES string of the molecule is CCNCc1ccc(N2CCOC3CCCCC32)cc1. The molecule has 1 aromatic carbocycles. The third-order valence-corrected chi connectivity index (χ3v) is 4.58. The van der Waals surface area contributed by atoms with E-state index in [4.69, 9.17) is 4.74 Å². The first-order chi connectivity index (χ1) is 9.88. The lowest BCUT2D eigenvalue weighted by Crippen LogP contribution is -2.52. The number of nitrogens with zero attached hydrogens (tertiary/aromatic N) is 1. The van der Waals surface area contributed by atoms with Gasteiger partial charge in [-0.3, -0.25) is 0 Å². The molecule has 20 heavy (non-hydrogen) atoms. The van der Waals surface area contributed by atoms with Gasteiger partial charge < -0.3 is 15.0 Å². The minimum absolute atomic E-state index is 0.457. The van der Waals surface area contributed by atoms with Crippen molar-refractivity contribution in [1.29, 1.82) is 0 Å². The summed E-state index contributed by atoms with van der Waals surface area (Å²) in [7, 11) is 0. The summed E-state index contributed by atoms with van der Waals surface area (Å²) in [6.07, 6.45) is 5.65. The van der Waals surface area contributed by atoms with E-state index in [-0.39, 0.29) is 0 Å². The van der Waals surface area contributed by atoms with Gasteiger partial charge in [-0.25, -0.2) is 0 Å². The number of fused-ring (bicyclic) bond motifs is 1. The highest BCUT2D eigenvalue weighted by molar-refractivity contribution is 5.49. The molecular weight excluding hydrogens is 248 g/mol. The second kappa shape index (κ2) is 6.59. The van der Waals surface area contributed by atoms with Crippen molar-refractivity contribution in [2.45, 2.75) is 51.3 Å². The van der Waals surface area contributed by atoms with E-state index < -0.39 is 0 Å². The Balaban J connectivity index is 1.70. The van der Waals surface area contributed by atoms with Gasteiger partial charge in [0.05, 0.1) is 18.8 Å². The Morgan fingerprint density at radius 2 is 2.00 bits per heavy atom. The van der Waals surface area contributed by atoms with Crippen LogP contribution in [-0.2, 0) is 11.3 Å². The van der Waals surface area contributed by atoms with E-state index >= 15 is 0 Å². The van der Waals surface area contributed by atoms with Gasteiger partial charge in [0, 0.05) is 18.8 Å². The monoisotopic (exact) mass is 274 g/mol. The van der Waals surface area contributed by atoms with Crippen LogP contribution in [-0.4, -0.2) is 31.8 Å². The number of hydrogen-bond donors (Lipinski definition) is 1. The topological polar surface area (TPSA) is 24.5 Å². The molecular formula is C17H26N2O. The molecule has 0 bridgehead atoms. The van der Waals surface area contributed by atoms with Crippen molar-refractivity contribution in [2.24, 2.45) is 0 Å². The summed E-state index contributed by atoms with van der Waals surface area (Å²) in [5.74, 6) is 0. The predicted octanol–water partition coefficient (Wildman–Crippen LogP) is 2.94. The molecule has 2 aliphatic rings.